The highest BCUT2D eigenvalue weighted by molar-refractivity contribution is 7.80. The van der Waals surface area contributed by atoms with Crippen LogP contribution in [0.15, 0.2) is 30.3 Å². The van der Waals surface area contributed by atoms with E-state index in [2.05, 4.69) is 5.32 Å². The summed E-state index contributed by atoms with van der Waals surface area (Å²) in [4.78, 5) is 25.6. The smallest absolute Gasteiger partial charge is 0.237 e. The first-order chi connectivity index (χ1) is 9.99. The van der Waals surface area contributed by atoms with E-state index in [0.29, 0.717) is 13.1 Å². The molecule has 1 aromatic carbocycles. The Balaban J connectivity index is 2.10. The molecule has 2 unspecified atom stereocenters. The van der Waals surface area contributed by atoms with Crippen molar-refractivity contribution in [3.63, 3.8) is 0 Å². The van der Waals surface area contributed by atoms with Crippen LogP contribution in [0.4, 0.5) is 0 Å². The Hall–Kier alpha value is -1.95. The number of thiocarbonyl (C=S) groups is 1. The largest absolute Gasteiger partial charge is 0.392 e. The Labute approximate surface area is 129 Å². The summed E-state index contributed by atoms with van der Waals surface area (Å²) in [7, 11) is 0. The molecule has 0 aliphatic carbocycles. The Morgan fingerprint density at radius 2 is 2.05 bits per heavy atom. The summed E-state index contributed by atoms with van der Waals surface area (Å²) < 4.78 is 0. The maximum atomic E-state index is 12.7. The monoisotopic (exact) mass is 305 g/mol. The van der Waals surface area contributed by atoms with Crippen LogP contribution in [-0.2, 0) is 9.59 Å². The standard InChI is InChI=1S/C15H19N3O2S/c1-10(19)17-12-7-8-18(9-12)15(20)13(14(16)21)11-5-3-2-4-6-11/h2-6,12-13H,7-9H2,1H3,(H2,16,21)(H,17,19). The molecule has 0 bridgehead atoms. The van der Waals surface area contributed by atoms with Gasteiger partial charge in [-0.25, -0.2) is 0 Å². The fourth-order valence-electron chi connectivity index (χ4n) is 2.62. The molecule has 1 saturated heterocycles. The molecule has 1 fully saturated rings. The molecule has 2 atom stereocenters. The van der Waals surface area contributed by atoms with Crippen LogP contribution in [0.5, 0.6) is 0 Å². The molecule has 5 nitrogen and oxygen atoms in total. The molecule has 0 aromatic heterocycles. The first kappa shape index (κ1) is 15.4. The van der Waals surface area contributed by atoms with Crippen molar-refractivity contribution in [3.8, 4) is 0 Å². The molecule has 0 spiro atoms. The minimum Gasteiger partial charge on any atom is -0.392 e. The summed E-state index contributed by atoms with van der Waals surface area (Å²) in [5, 5.41) is 2.84. The van der Waals surface area contributed by atoms with Gasteiger partial charge in [-0.1, -0.05) is 42.5 Å². The number of nitrogens with two attached hydrogens (primary N) is 1. The quantitative estimate of drug-likeness (QED) is 0.807. The molecule has 1 heterocycles. The Kier molecular flexibility index (Phi) is 4.90. The van der Waals surface area contributed by atoms with E-state index in [1.54, 1.807) is 4.90 Å². The zero-order valence-corrected chi connectivity index (χ0v) is 12.7. The van der Waals surface area contributed by atoms with Crippen molar-refractivity contribution in [1.82, 2.24) is 10.2 Å². The lowest BCUT2D eigenvalue weighted by Crippen LogP contribution is -2.41. The van der Waals surface area contributed by atoms with E-state index in [1.165, 1.54) is 6.92 Å². The topological polar surface area (TPSA) is 75.4 Å². The van der Waals surface area contributed by atoms with Crippen LogP contribution in [0, 0.1) is 0 Å². The Morgan fingerprint density at radius 1 is 1.38 bits per heavy atom. The molecule has 3 N–H and O–H groups in total. The van der Waals surface area contributed by atoms with Gasteiger partial charge in [-0.3, -0.25) is 9.59 Å². The van der Waals surface area contributed by atoms with Crippen molar-refractivity contribution in [2.75, 3.05) is 13.1 Å². The van der Waals surface area contributed by atoms with E-state index in [-0.39, 0.29) is 22.8 Å². The second-order valence-corrected chi connectivity index (χ2v) is 5.69. The minimum absolute atomic E-state index is 0.00854. The normalized spacial score (nSPS) is 19.1. The lowest BCUT2D eigenvalue weighted by atomic mass is 9.97. The highest BCUT2D eigenvalue weighted by Gasteiger charge is 2.33. The van der Waals surface area contributed by atoms with E-state index in [1.807, 2.05) is 30.3 Å². The van der Waals surface area contributed by atoms with Crippen molar-refractivity contribution >= 4 is 29.0 Å². The maximum absolute atomic E-state index is 12.7. The fourth-order valence-corrected chi connectivity index (χ4v) is 2.86. The van der Waals surface area contributed by atoms with Crippen molar-refractivity contribution in [3.05, 3.63) is 35.9 Å². The van der Waals surface area contributed by atoms with Gasteiger partial charge in [0.25, 0.3) is 0 Å². The second kappa shape index (κ2) is 6.67. The number of carbonyl (C=O) groups excluding carboxylic acids is 2. The van der Waals surface area contributed by atoms with E-state index >= 15 is 0 Å². The number of nitrogens with zero attached hydrogens (tertiary/aromatic N) is 1. The lowest BCUT2D eigenvalue weighted by molar-refractivity contribution is -0.130. The van der Waals surface area contributed by atoms with E-state index in [9.17, 15) is 9.59 Å². The van der Waals surface area contributed by atoms with E-state index < -0.39 is 5.92 Å². The highest BCUT2D eigenvalue weighted by atomic mass is 32.1. The number of hydrogen-bond acceptors (Lipinski definition) is 3. The first-order valence-corrected chi connectivity index (χ1v) is 7.30. The van der Waals surface area contributed by atoms with Crippen LogP contribution >= 0.6 is 12.2 Å². The molecular weight excluding hydrogens is 286 g/mol. The number of rotatable bonds is 4. The summed E-state index contributed by atoms with van der Waals surface area (Å²) in [6.07, 6.45) is 0.754. The second-order valence-electron chi connectivity index (χ2n) is 5.22. The van der Waals surface area contributed by atoms with E-state index in [4.69, 9.17) is 18.0 Å². The average Bonchev–Trinajstić information content (AvgIpc) is 2.87. The van der Waals surface area contributed by atoms with Gasteiger partial charge in [0.2, 0.25) is 11.8 Å². The van der Waals surface area contributed by atoms with Crippen molar-refractivity contribution in [1.29, 1.82) is 0 Å². The molecule has 6 heteroatoms. The maximum Gasteiger partial charge on any atom is 0.237 e. The number of nitrogens with one attached hydrogen (secondary N) is 1. The van der Waals surface area contributed by atoms with Crippen LogP contribution in [0.25, 0.3) is 0 Å². The molecule has 0 radical (unpaired) electrons. The predicted molar refractivity (Wildman–Crippen MR) is 84.8 cm³/mol. The molecule has 0 saturated carbocycles. The van der Waals surface area contributed by atoms with Crippen molar-refractivity contribution in [2.24, 2.45) is 5.73 Å². The molecular formula is C15H19N3O2S. The summed E-state index contributed by atoms with van der Waals surface area (Å²) in [5.41, 5.74) is 6.57. The number of amides is 2. The van der Waals surface area contributed by atoms with Crippen LogP contribution in [0.1, 0.15) is 24.8 Å². The third kappa shape index (κ3) is 3.78. The minimum atomic E-state index is -0.600. The Bertz CT molecular complexity index is 547. The third-order valence-corrected chi connectivity index (χ3v) is 3.81. The van der Waals surface area contributed by atoms with Crippen LogP contribution in [-0.4, -0.2) is 40.8 Å². The van der Waals surface area contributed by atoms with Crippen molar-refractivity contribution in [2.45, 2.75) is 25.3 Å². The average molecular weight is 305 g/mol. The molecule has 2 amide bonds. The van der Waals surface area contributed by atoms with Gasteiger partial charge in [0.05, 0.1) is 4.99 Å². The van der Waals surface area contributed by atoms with Gasteiger partial charge in [-0.05, 0) is 12.0 Å². The highest BCUT2D eigenvalue weighted by Crippen LogP contribution is 2.22. The molecule has 1 aliphatic rings. The van der Waals surface area contributed by atoms with Crippen LogP contribution in [0.3, 0.4) is 0 Å². The van der Waals surface area contributed by atoms with Crippen molar-refractivity contribution < 1.29 is 9.59 Å². The number of carbonyl (C=O) groups is 2. The Morgan fingerprint density at radius 3 is 2.62 bits per heavy atom. The van der Waals surface area contributed by atoms with Gasteiger partial charge in [0, 0.05) is 26.1 Å². The fraction of sp³-hybridized carbons (Fsp3) is 0.400. The van der Waals surface area contributed by atoms with Gasteiger partial charge in [-0.15, -0.1) is 0 Å². The summed E-state index contributed by atoms with van der Waals surface area (Å²) in [6, 6.07) is 9.31. The number of likely N-dealkylation sites (tertiary alicyclic amines) is 1. The molecule has 2 rings (SSSR count). The predicted octanol–water partition coefficient (Wildman–Crippen LogP) is 0.793. The van der Waals surface area contributed by atoms with Crippen LogP contribution in [0.2, 0.25) is 0 Å². The van der Waals surface area contributed by atoms with Gasteiger partial charge in [-0.2, -0.15) is 0 Å². The summed E-state index contributed by atoms with van der Waals surface area (Å²) in [6.45, 7) is 2.59. The molecule has 112 valence electrons. The van der Waals surface area contributed by atoms with Gasteiger partial charge >= 0.3 is 0 Å². The SMILES string of the molecule is CC(=O)NC1CCN(C(=O)C(C(N)=S)c2ccccc2)C1. The van der Waals surface area contributed by atoms with Crippen LogP contribution < -0.4 is 11.1 Å². The molecule has 1 aromatic rings. The number of benzene rings is 1. The zero-order chi connectivity index (χ0) is 15.4. The summed E-state index contributed by atoms with van der Waals surface area (Å²) >= 11 is 5.07. The third-order valence-electron chi connectivity index (χ3n) is 3.57. The van der Waals surface area contributed by atoms with Gasteiger partial charge < -0.3 is 16.0 Å². The molecule has 1 aliphatic heterocycles. The molecule has 21 heavy (non-hydrogen) atoms. The summed E-state index contributed by atoms with van der Waals surface area (Å²) in [5.74, 6) is -0.776. The first-order valence-electron chi connectivity index (χ1n) is 6.89. The van der Waals surface area contributed by atoms with E-state index in [0.717, 1.165) is 12.0 Å². The van der Waals surface area contributed by atoms with Gasteiger partial charge in [0.15, 0.2) is 0 Å². The lowest BCUT2D eigenvalue weighted by Gasteiger charge is -2.23. The van der Waals surface area contributed by atoms with Gasteiger partial charge in [0.1, 0.15) is 5.92 Å². The zero-order valence-electron chi connectivity index (χ0n) is 11.9. The number of hydrogen-bond donors (Lipinski definition) is 2.